The second kappa shape index (κ2) is 5.98. The third-order valence-electron chi connectivity index (χ3n) is 5.83. The van der Waals surface area contributed by atoms with Gasteiger partial charge in [-0.3, -0.25) is 9.59 Å². The molecule has 2 heterocycles. The molecule has 4 atom stereocenters. The highest BCUT2D eigenvalue weighted by molar-refractivity contribution is 5.97. The largest absolute Gasteiger partial charge is 0.329 e. The fourth-order valence-corrected chi connectivity index (χ4v) is 4.72. The van der Waals surface area contributed by atoms with Crippen molar-refractivity contribution < 1.29 is 9.59 Å². The molecule has 0 aromatic rings. The Morgan fingerprint density at radius 1 is 0.952 bits per heavy atom. The normalized spacial score (nSPS) is 37.0. The summed E-state index contributed by atoms with van der Waals surface area (Å²) < 4.78 is 0. The zero-order valence-electron chi connectivity index (χ0n) is 13.4. The predicted molar refractivity (Wildman–Crippen MR) is 81.7 cm³/mol. The van der Waals surface area contributed by atoms with Crippen molar-refractivity contribution in [3.63, 3.8) is 0 Å². The van der Waals surface area contributed by atoms with Gasteiger partial charge in [-0.2, -0.15) is 0 Å². The standard InChI is InChI=1S/C17H28N2O2/c1-3-12-8-5-6-9-14(12)19-13(4-2)16(20)18-11-7-10-15(18)17(19)21/h12-15H,3-11H2,1-2H3. The molecule has 0 N–H and O–H groups in total. The molecule has 4 heteroatoms. The summed E-state index contributed by atoms with van der Waals surface area (Å²) in [6.07, 6.45) is 8.48. The molecule has 3 fully saturated rings. The SMILES string of the molecule is CCC1CCCCC1N1C(=O)C2CCCN2C(=O)C1CC. The third kappa shape index (κ3) is 2.36. The van der Waals surface area contributed by atoms with E-state index < -0.39 is 0 Å². The zero-order valence-corrected chi connectivity index (χ0v) is 13.4. The van der Waals surface area contributed by atoms with Crippen molar-refractivity contribution in [1.29, 1.82) is 0 Å². The van der Waals surface area contributed by atoms with Crippen LogP contribution < -0.4 is 0 Å². The van der Waals surface area contributed by atoms with Gasteiger partial charge in [0.15, 0.2) is 0 Å². The summed E-state index contributed by atoms with van der Waals surface area (Å²) in [7, 11) is 0. The first-order chi connectivity index (χ1) is 10.2. The summed E-state index contributed by atoms with van der Waals surface area (Å²) in [4.78, 5) is 29.7. The van der Waals surface area contributed by atoms with Gasteiger partial charge in [0.05, 0.1) is 0 Å². The maximum atomic E-state index is 13.0. The molecule has 4 nitrogen and oxygen atoms in total. The molecule has 0 radical (unpaired) electrons. The Balaban J connectivity index is 1.90. The van der Waals surface area contributed by atoms with Crippen LogP contribution in [0.5, 0.6) is 0 Å². The lowest BCUT2D eigenvalue weighted by Crippen LogP contribution is -2.66. The minimum Gasteiger partial charge on any atom is -0.329 e. The summed E-state index contributed by atoms with van der Waals surface area (Å²) in [5.41, 5.74) is 0. The Hall–Kier alpha value is -1.06. The maximum Gasteiger partial charge on any atom is 0.246 e. The number of hydrogen-bond acceptors (Lipinski definition) is 2. The van der Waals surface area contributed by atoms with Crippen molar-refractivity contribution in [2.45, 2.75) is 83.3 Å². The lowest BCUT2D eigenvalue weighted by Gasteiger charge is -2.49. The van der Waals surface area contributed by atoms with E-state index in [0.29, 0.717) is 12.0 Å². The lowest BCUT2D eigenvalue weighted by atomic mass is 9.80. The van der Waals surface area contributed by atoms with E-state index >= 15 is 0 Å². The summed E-state index contributed by atoms with van der Waals surface area (Å²) in [5, 5.41) is 0. The van der Waals surface area contributed by atoms with Gasteiger partial charge in [-0.1, -0.05) is 33.1 Å². The highest BCUT2D eigenvalue weighted by Gasteiger charge is 2.50. The Morgan fingerprint density at radius 2 is 1.71 bits per heavy atom. The second-order valence-corrected chi connectivity index (χ2v) is 6.88. The van der Waals surface area contributed by atoms with Gasteiger partial charge in [0, 0.05) is 12.6 Å². The summed E-state index contributed by atoms with van der Waals surface area (Å²) >= 11 is 0. The van der Waals surface area contributed by atoms with Gasteiger partial charge in [-0.05, 0) is 38.0 Å². The second-order valence-electron chi connectivity index (χ2n) is 6.88. The van der Waals surface area contributed by atoms with Crippen LogP contribution in [0.3, 0.4) is 0 Å². The first-order valence-electron chi connectivity index (χ1n) is 8.81. The van der Waals surface area contributed by atoms with Crippen molar-refractivity contribution in [3.8, 4) is 0 Å². The molecule has 0 aromatic carbocycles. The minimum absolute atomic E-state index is 0.153. The van der Waals surface area contributed by atoms with E-state index in [-0.39, 0.29) is 23.9 Å². The molecular formula is C17H28N2O2. The van der Waals surface area contributed by atoms with Crippen molar-refractivity contribution in [3.05, 3.63) is 0 Å². The van der Waals surface area contributed by atoms with Crippen LogP contribution in [-0.4, -0.2) is 46.3 Å². The molecule has 0 aromatic heterocycles. The Kier molecular flexibility index (Phi) is 4.23. The number of carbonyl (C=O) groups excluding carboxylic acids is 2. The maximum absolute atomic E-state index is 13.0. The van der Waals surface area contributed by atoms with Gasteiger partial charge < -0.3 is 9.80 Å². The highest BCUT2D eigenvalue weighted by atomic mass is 16.2. The van der Waals surface area contributed by atoms with Crippen molar-refractivity contribution in [1.82, 2.24) is 9.80 Å². The zero-order chi connectivity index (χ0) is 15.0. The van der Waals surface area contributed by atoms with Crippen LogP contribution in [0, 0.1) is 5.92 Å². The number of nitrogens with zero attached hydrogens (tertiary/aromatic N) is 2. The Bertz CT molecular complexity index is 423. The van der Waals surface area contributed by atoms with E-state index in [2.05, 4.69) is 6.92 Å². The van der Waals surface area contributed by atoms with Crippen LogP contribution in [0.1, 0.15) is 65.2 Å². The molecule has 0 spiro atoms. The van der Waals surface area contributed by atoms with Gasteiger partial charge in [-0.15, -0.1) is 0 Å². The van der Waals surface area contributed by atoms with Gasteiger partial charge >= 0.3 is 0 Å². The van der Waals surface area contributed by atoms with Crippen molar-refractivity contribution in [2.24, 2.45) is 5.92 Å². The first-order valence-corrected chi connectivity index (χ1v) is 8.81. The number of carbonyl (C=O) groups is 2. The van der Waals surface area contributed by atoms with E-state index in [4.69, 9.17) is 0 Å². The van der Waals surface area contributed by atoms with Crippen LogP contribution in [-0.2, 0) is 9.59 Å². The molecule has 2 aliphatic heterocycles. The highest BCUT2D eigenvalue weighted by Crippen LogP contribution is 2.37. The monoisotopic (exact) mass is 292 g/mol. The van der Waals surface area contributed by atoms with E-state index in [1.54, 1.807) is 0 Å². The van der Waals surface area contributed by atoms with Crippen LogP contribution in [0.2, 0.25) is 0 Å². The number of fused-ring (bicyclic) bond motifs is 1. The Labute approximate surface area is 127 Å². The van der Waals surface area contributed by atoms with E-state index in [9.17, 15) is 9.59 Å². The summed E-state index contributed by atoms with van der Waals surface area (Å²) in [6.45, 7) is 5.05. The van der Waals surface area contributed by atoms with Crippen LogP contribution in [0.15, 0.2) is 0 Å². The molecule has 3 aliphatic rings. The first kappa shape index (κ1) is 14.9. The third-order valence-corrected chi connectivity index (χ3v) is 5.83. The van der Waals surface area contributed by atoms with Crippen molar-refractivity contribution in [2.75, 3.05) is 6.54 Å². The molecule has 21 heavy (non-hydrogen) atoms. The van der Waals surface area contributed by atoms with Crippen molar-refractivity contribution >= 4 is 11.8 Å². The number of piperazine rings is 1. The molecule has 2 saturated heterocycles. The quantitative estimate of drug-likeness (QED) is 0.802. The molecular weight excluding hydrogens is 264 g/mol. The lowest BCUT2D eigenvalue weighted by molar-refractivity contribution is -0.164. The van der Waals surface area contributed by atoms with Crippen LogP contribution in [0.4, 0.5) is 0 Å². The minimum atomic E-state index is -0.205. The van der Waals surface area contributed by atoms with E-state index in [1.165, 1.54) is 19.3 Å². The number of rotatable bonds is 3. The van der Waals surface area contributed by atoms with E-state index in [1.807, 2.05) is 16.7 Å². The van der Waals surface area contributed by atoms with Crippen LogP contribution >= 0.6 is 0 Å². The van der Waals surface area contributed by atoms with Gasteiger partial charge in [-0.25, -0.2) is 0 Å². The smallest absolute Gasteiger partial charge is 0.246 e. The van der Waals surface area contributed by atoms with E-state index in [0.717, 1.165) is 38.6 Å². The van der Waals surface area contributed by atoms with Crippen LogP contribution in [0.25, 0.3) is 0 Å². The fraction of sp³-hybridized carbons (Fsp3) is 0.882. The molecule has 1 saturated carbocycles. The number of amides is 2. The molecule has 2 amide bonds. The number of hydrogen-bond donors (Lipinski definition) is 0. The molecule has 118 valence electrons. The van der Waals surface area contributed by atoms with Gasteiger partial charge in [0.2, 0.25) is 11.8 Å². The topological polar surface area (TPSA) is 40.6 Å². The molecule has 3 rings (SSSR count). The average Bonchev–Trinajstić information content (AvgIpc) is 3.00. The molecule has 0 bridgehead atoms. The van der Waals surface area contributed by atoms with Gasteiger partial charge in [0.25, 0.3) is 0 Å². The average molecular weight is 292 g/mol. The van der Waals surface area contributed by atoms with Gasteiger partial charge in [0.1, 0.15) is 12.1 Å². The fourth-order valence-electron chi connectivity index (χ4n) is 4.72. The molecule has 4 unspecified atom stereocenters. The summed E-state index contributed by atoms with van der Waals surface area (Å²) in [5.74, 6) is 1.03. The predicted octanol–water partition coefficient (Wildman–Crippen LogP) is 2.57. The summed E-state index contributed by atoms with van der Waals surface area (Å²) in [6, 6.07) is -0.0587. The molecule has 1 aliphatic carbocycles. The Morgan fingerprint density at radius 3 is 2.43 bits per heavy atom.